The summed E-state index contributed by atoms with van der Waals surface area (Å²) >= 11 is 0. The summed E-state index contributed by atoms with van der Waals surface area (Å²) < 4.78 is 0. The quantitative estimate of drug-likeness (QED) is 0.739. The highest BCUT2D eigenvalue weighted by atomic mass is 15.2. The Morgan fingerprint density at radius 3 is 2.87 bits per heavy atom. The van der Waals surface area contributed by atoms with Gasteiger partial charge in [-0.05, 0) is 6.07 Å². The SMILES string of the molecule is NC1CN(c2cnnc3ccccc23)C1. The van der Waals surface area contributed by atoms with Crippen LogP contribution in [0.25, 0.3) is 10.9 Å². The highest BCUT2D eigenvalue weighted by molar-refractivity contribution is 5.91. The molecule has 0 bridgehead atoms. The molecule has 0 unspecified atom stereocenters. The van der Waals surface area contributed by atoms with Crippen molar-refractivity contribution in [2.24, 2.45) is 5.73 Å². The van der Waals surface area contributed by atoms with E-state index in [-0.39, 0.29) is 0 Å². The molecule has 76 valence electrons. The maximum Gasteiger partial charge on any atom is 0.0950 e. The van der Waals surface area contributed by atoms with E-state index in [0.717, 1.165) is 29.7 Å². The van der Waals surface area contributed by atoms with Crippen LogP contribution >= 0.6 is 0 Å². The third kappa shape index (κ3) is 1.34. The molecular formula is C11H12N4. The van der Waals surface area contributed by atoms with E-state index in [1.165, 1.54) is 0 Å². The van der Waals surface area contributed by atoms with Gasteiger partial charge in [0.05, 0.1) is 17.4 Å². The van der Waals surface area contributed by atoms with E-state index in [0.29, 0.717) is 6.04 Å². The minimum absolute atomic E-state index is 0.303. The second-order valence-electron chi connectivity index (χ2n) is 3.91. The van der Waals surface area contributed by atoms with E-state index in [2.05, 4.69) is 21.2 Å². The fourth-order valence-electron chi connectivity index (χ4n) is 1.95. The Morgan fingerprint density at radius 1 is 1.27 bits per heavy atom. The Labute approximate surface area is 87.7 Å². The van der Waals surface area contributed by atoms with Crippen molar-refractivity contribution in [2.45, 2.75) is 6.04 Å². The minimum Gasteiger partial charge on any atom is -0.366 e. The molecular weight excluding hydrogens is 188 g/mol. The fourth-order valence-corrected chi connectivity index (χ4v) is 1.95. The van der Waals surface area contributed by atoms with E-state index < -0.39 is 0 Å². The number of hydrogen-bond donors (Lipinski definition) is 1. The molecule has 2 aromatic rings. The number of anilines is 1. The zero-order valence-electron chi connectivity index (χ0n) is 8.30. The first-order valence-corrected chi connectivity index (χ1v) is 5.05. The molecule has 0 aliphatic carbocycles. The fraction of sp³-hybridized carbons (Fsp3) is 0.273. The zero-order valence-corrected chi connectivity index (χ0v) is 8.30. The van der Waals surface area contributed by atoms with Crippen LogP contribution in [0.5, 0.6) is 0 Å². The molecule has 3 rings (SSSR count). The summed E-state index contributed by atoms with van der Waals surface area (Å²) in [4.78, 5) is 2.24. The van der Waals surface area contributed by atoms with Gasteiger partial charge in [-0.15, -0.1) is 0 Å². The normalized spacial score (nSPS) is 16.7. The number of nitrogens with zero attached hydrogens (tertiary/aromatic N) is 3. The predicted molar refractivity (Wildman–Crippen MR) is 59.7 cm³/mol. The first-order chi connectivity index (χ1) is 7.34. The number of fused-ring (bicyclic) bond motifs is 1. The Hall–Kier alpha value is -1.68. The Morgan fingerprint density at radius 2 is 2.07 bits per heavy atom. The third-order valence-corrected chi connectivity index (χ3v) is 2.78. The van der Waals surface area contributed by atoms with Crippen molar-refractivity contribution in [1.29, 1.82) is 0 Å². The first-order valence-electron chi connectivity index (χ1n) is 5.05. The molecule has 1 saturated heterocycles. The Bertz CT molecular complexity index is 485. The highest BCUT2D eigenvalue weighted by Gasteiger charge is 2.24. The summed E-state index contributed by atoms with van der Waals surface area (Å²) in [6, 6.07) is 8.35. The van der Waals surface area contributed by atoms with Crippen molar-refractivity contribution < 1.29 is 0 Å². The van der Waals surface area contributed by atoms with Gasteiger partial charge in [-0.25, -0.2) is 0 Å². The van der Waals surface area contributed by atoms with Crippen LogP contribution in [0.4, 0.5) is 5.69 Å². The molecule has 2 heterocycles. The molecule has 0 amide bonds. The smallest absolute Gasteiger partial charge is 0.0950 e. The van der Waals surface area contributed by atoms with E-state index in [9.17, 15) is 0 Å². The van der Waals surface area contributed by atoms with Gasteiger partial charge in [0.25, 0.3) is 0 Å². The number of rotatable bonds is 1. The van der Waals surface area contributed by atoms with Crippen LogP contribution in [0.15, 0.2) is 30.5 Å². The molecule has 2 N–H and O–H groups in total. The standard InChI is InChI=1S/C11H12N4/c12-8-6-15(7-8)11-5-13-14-10-4-2-1-3-9(10)11/h1-5,8H,6-7,12H2. The van der Waals surface area contributed by atoms with Crippen LogP contribution in [-0.4, -0.2) is 29.3 Å². The van der Waals surface area contributed by atoms with E-state index in [1.807, 2.05) is 24.4 Å². The van der Waals surface area contributed by atoms with Crippen molar-refractivity contribution in [3.05, 3.63) is 30.5 Å². The lowest BCUT2D eigenvalue weighted by Gasteiger charge is -2.38. The molecule has 1 fully saturated rings. The van der Waals surface area contributed by atoms with Gasteiger partial charge in [0, 0.05) is 24.5 Å². The summed E-state index contributed by atoms with van der Waals surface area (Å²) in [7, 11) is 0. The maximum atomic E-state index is 5.77. The molecule has 4 heteroatoms. The van der Waals surface area contributed by atoms with Crippen molar-refractivity contribution >= 4 is 16.6 Å². The average Bonchev–Trinajstić information content (AvgIpc) is 2.24. The monoisotopic (exact) mass is 200 g/mol. The third-order valence-electron chi connectivity index (χ3n) is 2.78. The lowest BCUT2D eigenvalue weighted by molar-refractivity contribution is 0.520. The van der Waals surface area contributed by atoms with E-state index in [1.54, 1.807) is 0 Å². The van der Waals surface area contributed by atoms with Gasteiger partial charge < -0.3 is 10.6 Å². The maximum absolute atomic E-state index is 5.77. The Balaban J connectivity index is 2.10. The van der Waals surface area contributed by atoms with Gasteiger partial charge in [-0.1, -0.05) is 18.2 Å². The van der Waals surface area contributed by atoms with Gasteiger partial charge in [-0.2, -0.15) is 10.2 Å². The van der Waals surface area contributed by atoms with Crippen molar-refractivity contribution in [3.63, 3.8) is 0 Å². The molecule has 15 heavy (non-hydrogen) atoms. The minimum atomic E-state index is 0.303. The van der Waals surface area contributed by atoms with Crippen LogP contribution in [0.1, 0.15) is 0 Å². The van der Waals surface area contributed by atoms with Crippen LogP contribution in [-0.2, 0) is 0 Å². The lowest BCUT2D eigenvalue weighted by Crippen LogP contribution is -2.56. The summed E-state index contributed by atoms with van der Waals surface area (Å²) in [6.45, 7) is 1.82. The van der Waals surface area contributed by atoms with Crippen LogP contribution in [0.3, 0.4) is 0 Å². The molecule has 1 aromatic heterocycles. The van der Waals surface area contributed by atoms with Gasteiger partial charge in [0.2, 0.25) is 0 Å². The molecule has 0 atom stereocenters. The van der Waals surface area contributed by atoms with Crippen molar-refractivity contribution in [1.82, 2.24) is 10.2 Å². The molecule has 1 aliphatic heterocycles. The van der Waals surface area contributed by atoms with Gasteiger partial charge >= 0.3 is 0 Å². The first kappa shape index (κ1) is 8.61. The van der Waals surface area contributed by atoms with Gasteiger partial charge in [0.1, 0.15) is 0 Å². The topological polar surface area (TPSA) is 55.0 Å². The van der Waals surface area contributed by atoms with Crippen LogP contribution < -0.4 is 10.6 Å². The van der Waals surface area contributed by atoms with Crippen molar-refractivity contribution in [2.75, 3.05) is 18.0 Å². The zero-order chi connectivity index (χ0) is 10.3. The van der Waals surface area contributed by atoms with Gasteiger partial charge in [0.15, 0.2) is 0 Å². The summed E-state index contributed by atoms with van der Waals surface area (Å²) in [5.41, 5.74) is 7.85. The highest BCUT2D eigenvalue weighted by Crippen LogP contribution is 2.26. The molecule has 4 nitrogen and oxygen atoms in total. The molecule has 1 aromatic carbocycles. The van der Waals surface area contributed by atoms with E-state index in [4.69, 9.17) is 5.73 Å². The number of aromatic nitrogens is 2. The second kappa shape index (κ2) is 3.17. The average molecular weight is 200 g/mol. The van der Waals surface area contributed by atoms with E-state index >= 15 is 0 Å². The molecule has 0 saturated carbocycles. The largest absolute Gasteiger partial charge is 0.366 e. The number of nitrogens with two attached hydrogens (primary N) is 1. The number of benzene rings is 1. The van der Waals surface area contributed by atoms with Crippen LogP contribution in [0, 0.1) is 0 Å². The van der Waals surface area contributed by atoms with Crippen molar-refractivity contribution in [3.8, 4) is 0 Å². The van der Waals surface area contributed by atoms with Crippen LogP contribution in [0.2, 0.25) is 0 Å². The molecule has 0 radical (unpaired) electrons. The van der Waals surface area contributed by atoms with Gasteiger partial charge in [-0.3, -0.25) is 0 Å². The second-order valence-corrected chi connectivity index (χ2v) is 3.91. The predicted octanol–water partition coefficient (Wildman–Crippen LogP) is 0.777. The summed E-state index contributed by atoms with van der Waals surface area (Å²) in [5, 5.41) is 9.25. The summed E-state index contributed by atoms with van der Waals surface area (Å²) in [6.07, 6.45) is 1.81. The number of hydrogen-bond acceptors (Lipinski definition) is 4. The molecule has 0 spiro atoms. The Kier molecular flexibility index (Phi) is 1.82. The molecule has 1 aliphatic rings. The lowest BCUT2D eigenvalue weighted by atomic mass is 10.1. The summed E-state index contributed by atoms with van der Waals surface area (Å²) in [5.74, 6) is 0.